The van der Waals surface area contributed by atoms with E-state index in [2.05, 4.69) is 9.73 Å². The molecule has 0 aromatic carbocycles. The minimum Gasteiger partial charge on any atom is -0.459 e. The van der Waals surface area contributed by atoms with Gasteiger partial charge in [0.2, 0.25) is 6.21 Å². The van der Waals surface area contributed by atoms with E-state index in [-0.39, 0.29) is 5.97 Å². The Balaban J connectivity index is 3.33. The fraction of sp³-hybridized carbons (Fsp3) is 0.600. The van der Waals surface area contributed by atoms with Gasteiger partial charge in [-0.25, -0.2) is 9.79 Å². The minimum absolute atomic E-state index is 0.324. The quantitative estimate of drug-likeness (QED) is 0.346. The average Bonchev–Trinajstić information content (AvgIpc) is 1.68. The molecule has 0 amide bonds. The van der Waals surface area contributed by atoms with Gasteiger partial charge in [-0.1, -0.05) is 0 Å². The SMILES string of the molecule is CCOC(=O)C=[NH+]C. The van der Waals surface area contributed by atoms with Crippen molar-refractivity contribution in [1.29, 1.82) is 0 Å². The molecule has 0 saturated carbocycles. The summed E-state index contributed by atoms with van der Waals surface area (Å²) < 4.78 is 4.53. The predicted octanol–water partition coefficient (Wildman–Crippen LogP) is -1.67. The van der Waals surface area contributed by atoms with Crippen molar-refractivity contribution < 1.29 is 14.5 Å². The van der Waals surface area contributed by atoms with Crippen LogP contribution >= 0.6 is 0 Å². The van der Waals surface area contributed by atoms with Crippen molar-refractivity contribution in [1.82, 2.24) is 0 Å². The molecule has 1 N–H and O–H groups in total. The molecule has 0 aliphatic carbocycles. The second-order valence-corrected chi connectivity index (χ2v) is 1.19. The van der Waals surface area contributed by atoms with Crippen molar-refractivity contribution in [3.8, 4) is 0 Å². The van der Waals surface area contributed by atoms with Gasteiger partial charge in [0.25, 0.3) is 0 Å². The number of hydrogen-bond acceptors (Lipinski definition) is 2. The van der Waals surface area contributed by atoms with Crippen LogP contribution in [0.4, 0.5) is 0 Å². The Bertz CT molecular complexity index is 98.6. The molecule has 46 valence electrons. The molecule has 0 heterocycles. The molecule has 0 bridgehead atoms. The van der Waals surface area contributed by atoms with Gasteiger partial charge in [-0.2, -0.15) is 0 Å². The highest BCUT2D eigenvalue weighted by atomic mass is 16.5. The summed E-state index contributed by atoms with van der Waals surface area (Å²) in [6.45, 7) is 2.19. The standard InChI is InChI=1S/C5H9NO2/c1-3-8-5(7)4-6-2/h4H,3H2,1-2H3/p+1. The van der Waals surface area contributed by atoms with Crippen molar-refractivity contribution in [3.63, 3.8) is 0 Å². The zero-order chi connectivity index (χ0) is 6.41. The maximum atomic E-state index is 10.3. The normalized spacial score (nSPS) is 9.75. The Morgan fingerprint density at radius 1 is 1.88 bits per heavy atom. The van der Waals surface area contributed by atoms with E-state index in [4.69, 9.17) is 0 Å². The fourth-order valence-corrected chi connectivity index (χ4v) is 0.302. The molecule has 0 unspecified atom stereocenters. The first kappa shape index (κ1) is 7.14. The number of esters is 1. The van der Waals surface area contributed by atoms with Gasteiger partial charge in [-0.05, 0) is 6.92 Å². The third-order valence-electron chi connectivity index (χ3n) is 0.549. The maximum Gasteiger partial charge on any atom is 0.395 e. The minimum atomic E-state index is -0.324. The summed E-state index contributed by atoms with van der Waals surface area (Å²) in [5.41, 5.74) is 0. The number of nitrogens with one attached hydrogen (secondary N) is 1. The summed E-state index contributed by atoms with van der Waals surface area (Å²) >= 11 is 0. The Kier molecular flexibility index (Phi) is 3.84. The van der Waals surface area contributed by atoms with Gasteiger partial charge < -0.3 is 4.74 Å². The first-order valence-electron chi connectivity index (χ1n) is 2.48. The van der Waals surface area contributed by atoms with Crippen LogP contribution in [0.5, 0.6) is 0 Å². The van der Waals surface area contributed by atoms with Gasteiger partial charge in [0.1, 0.15) is 7.05 Å². The summed E-state index contributed by atoms with van der Waals surface area (Å²) in [5.74, 6) is -0.324. The van der Waals surface area contributed by atoms with E-state index < -0.39 is 0 Å². The van der Waals surface area contributed by atoms with E-state index >= 15 is 0 Å². The number of carbonyl (C=O) groups excluding carboxylic acids is 1. The van der Waals surface area contributed by atoms with Crippen LogP contribution in [0.3, 0.4) is 0 Å². The Morgan fingerprint density at radius 2 is 2.50 bits per heavy atom. The Morgan fingerprint density at radius 3 is 2.88 bits per heavy atom. The molecule has 0 atom stereocenters. The molecule has 0 spiro atoms. The average molecular weight is 116 g/mol. The topological polar surface area (TPSA) is 40.3 Å². The molecular weight excluding hydrogens is 106 g/mol. The fourth-order valence-electron chi connectivity index (χ4n) is 0.302. The van der Waals surface area contributed by atoms with Gasteiger partial charge in [-0.3, -0.25) is 0 Å². The molecule has 3 heteroatoms. The molecular formula is C5H10NO2+. The van der Waals surface area contributed by atoms with Crippen LogP contribution in [0.15, 0.2) is 0 Å². The molecule has 0 aliphatic heterocycles. The number of hydrogen-bond donors (Lipinski definition) is 1. The molecule has 0 aromatic rings. The molecule has 0 radical (unpaired) electrons. The van der Waals surface area contributed by atoms with Crippen LogP contribution in [0.2, 0.25) is 0 Å². The largest absolute Gasteiger partial charge is 0.459 e. The summed E-state index contributed by atoms with van der Waals surface area (Å²) in [6, 6.07) is 0. The highest BCUT2D eigenvalue weighted by Gasteiger charge is 1.95. The van der Waals surface area contributed by atoms with Gasteiger partial charge in [0, 0.05) is 0 Å². The molecule has 0 aromatic heterocycles. The van der Waals surface area contributed by atoms with E-state index in [1.165, 1.54) is 6.21 Å². The van der Waals surface area contributed by atoms with E-state index in [1.54, 1.807) is 14.0 Å². The van der Waals surface area contributed by atoms with E-state index in [9.17, 15) is 4.79 Å². The van der Waals surface area contributed by atoms with Gasteiger partial charge >= 0.3 is 5.97 Å². The lowest BCUT2D eigenvalue weighted by Gasteiger charge is -1.88. The molecule has 0 rings (SSSR count). The number of rotatable bonds is 2. The second-order valence-electron chi connectivity index (χ2n) is 1.19. The smallest absolute Gasteiger partial charge is 0.395 e. The lowest BCUT2D eigenvalue weighted by molar-refractivity contribution is -0.413. The van der Waals surface area contributed by atoms with Gasteiger partial charge in [0.15, 0.2) is 0 Å². The molecule has 0 saturated heterocycles. The molecule has 3 nitrogen and oxygen atoms in total. The third-order valence-corrected chi connectivity index (χ3v) is 0.549. The van der Waals surface area contributed by atoms with Gasteiger partial charge in [-0.15, -0.1) is 0 Å². The Labute approximate surface area is 48.4 Å². The molecule has 0 aliphatic rings. The molecule has 0 fully saturated rings. The van der Waals surface area contributed by atoms with Crippen LogP contribution in [0, 0.1) is 0 Å². The van der Waals surface area contributed by atoms with Crippen molar-refractivity contribution in [2.75, 3.05) is 13.7 Å². The van der Waals surface area contributed by atoms with Crippen LogP contribution in [0.1, 0.15) is 6.92 Å². The molecule has 8 heavy (non-hydrogen) atoms. The summed E-state index contributed by atoms with van der Waals surface area (Å²) in [5, 5.41) is 0. The third kappa shape index (κ3) is 3.33. The van der Waals surface area contributed by atoms with Crippen LogP contribution in [-0.4, -0.2) is 25.8 Å². The first-order valence-corrected chi connectivity index (χ1v) is 2.48. The Hall–Kier alpha value is -0.860. The van der Waals surface area contributed by atoms with Crippen molar-refractivity contribution in [2.45, 2.75) is 6.92 Å². The second kappa shape index (κ2) is 4.30. The summed E-state index contributed by atoms with van der Waals surface area (Å²) in [7, 11) is 1.65. The van der Waals surface area contributed by atoms with E-state index in [0.717, 1.165) is 0 Å². The zero-order valence-corrected chi connectivity index (χ0v) is 5.10. The monoisotopic (exact) mass is 116 g/mol. The number of carbonyl (C=O) groups is 1. The highest BCUT2D eigenvalue weighted by molar-refractivity contribution is 6.20. The summed E-state index contributed by atoms with van der Waals surface area (Å²) in [6.07, 6.45) is 1.27. The zero-order valence-electron chi connectivity index (χ0n) is 5.10. The van der Waals surface area contributed by atoms with Crippen LogP contribution < -0.4 is 4.99 Å². The summed E-state index contributed by atoms with van der Waals surface area (Å²) in [4.78, 5) is 12.9. The van der Waals surface area contributed by atoms with Crippen molar-refractivity contribution in [2.24, 2.45) is 0 Å². The highest BCUT2D eigenvalue weighted by Crippen LogP contribution is 1.67. The number of ether oxygens (including phenoxy) is 1. The first-order chi connectivity index (χ1) is 3.81. The van der Waals surface area contributed by atoms with Crippen molar-refractivity contribution in [3.05, 3.63) is 0 Å². The predicted molar refractivity (Wildman–Crippen MR) is 29.6 cm³/mol. The lowest BCUT2D eigenvalue weighted by Crippen LogP contribution is -2.64. The maximum absolute atomic E-state index is 10.3. The van der Waals surface area contributed by atoms with Crippen LogP contribution in [0.25, 0.3) is 0 Å². The van der Waals surface area contributed by atoms with Crippen LogP contribution in [-0.2, 0) is 9.53 Å². The van der Waals surface area contributed by atoms with E-state index in [0.29, 0.717) is 6.61 Å². The van der Waals surface area contributed by atoms with Crippen molar-refractivity contribution >= 4 is 12.2 Å². The van der Waals surface area contributed by atoms with Gasteiger partial charge in [0.05, 0.1) is 6.61 Å². The lowest BCUT2D eigenvalue weighted by atomic mass is 10.7. The van der Waals surface area contributed by atoms with E-state index in [1.807, 2.05) is 0 Å².